The van der Waals surface area contributed by atoms with Crippen LogP contribution >= 0.6 is 22.9 Å². The minimum Gasteiger partial charge on any atom is -0.544 e. The molecule has 6 heteroatoms. The highest BCUT2D eigenvalue weighted by Gasteiger charge is 2.19. The van der Waals surface area contributed by atoms with Crippen molar-refractivity contribution in [1.82, 2.24) is 4.90 Å². The summed E-state index contributed by atoms with van der Waals surface area (Å²) >= 11 is 7.32. The summed E-state index contributed by atoms with van der Waals surface area (Å²) in [4.78, 5) is 14.4. The molecule has 4 nitrogen and oxygen atoms in total. The summed E-state index contributed by atoms with van der Waals surface area (Å²) in [6, 6.07) is 0. The molecule has 0 atom stereocenters. The largest absolute Gasteiger partial charge is 0.544 e. The number of carbonyl (C=O) groups is 1. The Kier molecular flexibility index (Phi) is 4.71. The fraction of sp³-hybridized carbons (Fsp3) is 0.615. The van der Waals surface area contributed by atoms with Crippen LogP contribution in [0, 0.1) is 12.8 Å². The van der Waals surface area contributed by atoms with Gasteiger partial charge in [-0.2, -0.15) is 0 Å². The van der Waals surface area contributed by atoms with Gasteiger partial charge in [-0.1, -0.05) is 11.6 Å². The van der Waals surface area contributed by atoms with Gasteiger partial charge in [0.1, 0.15) is 0 Å². The van der Waals surface area contributed by atoms with E-state index in [0.717, 1.165) is 37.4 Å². The number of anilines is 1. The topological polar surface area (TPSA) is 55.4 Å². The van der Waals surface area contributed by atoms with Crippen LogP contribution in [0.25, 0.3) is 0 Å². The molecule has 1 N–H and O–H groups in total. The Morgan fingerprint density at radius 3 is 2.74 bits per heavy atom. The highest BCUT2D eigenvalue weighted by Crippen LogP contribution is 2.37. The molecule has 1 aliphatic heterocycles. The van der Waals surface area contributed by atoms with Crippen molar-refractivity contribution >= 4 is 34.6 Å². The van der Waals surface area contributed by atoms with Crippen molar-refractivity contribution in [3.8, 4) is 0 Å². The molecule has 19 heavy (non-hydrogen) atoms. The highest BCUT2D eigenvalue weighted by atomic mass is 35.5. The number of piperidine rings is 1. The van der Waals surface area contributed by atoms with Gasteiger partial charge in [-0.15, -0.1) is 11.3 Å². The Bertz CT molecular complexity index is 467. The van der Waals surface area contributed by atoms with E-state index in [2.05, 4.69) is 17.3 Å². The zero-order valence-corrected chi connectivity index (χ0v) is 12.7. The van der Waals surface area contributed by atoms with Crippen LogP contribution in [-0.4, -0.2) is 37.6 Å². The van der Waals surface area contributed by atoms with Gasteiger partial charge in [0, 0.05) is 11.4 Å². The van der Waals surface area contributed by atoms with Crippen LogP contribution in [0.2, 0.25) is 5.02 Å². The Morgan fingerprint density at radius 2 is 2.16 bits per heavy atom. The molecular formula is C13H18ClN2O2S-. The molecular weight excluding hydrogens is 284 g/mol. The van der Waals surface area contributed by atoms with Crippen molar-refractivity contribution in [1.29, 1.82) is 0 Å². The first-order valence-corrected chi connectivity index (χ1v) is 7.61. The predicted molar refractivity (Wildman–Crippen MR) is 77.1 cm³/mol. The minimum atomic E-state index is -1.16. The number of likely N-dealkylation sites (tertiary alicyclic amines) is 1. The fourth-order valence-electron chi connectivity index (χ4n) is 2.34. The van der Waals surface area contributed by atoms with Crippen molar-refractivity contribution in [3.63, 3.8) is 0 Å². The molecule has 0 unspecified atom stereocenters. The van der Waals surface area contributed by atoms with Crippen LogP contribution in [0.4, 0.5) is 5.69 Å². The number of hydrogen-bond acceptors (Lipinski definition) is 5. The summed E-state index contributed by atoms with van der Waals surface area (Å²) in [5, 5.41) is 14.8. The van der Waals surface area contributed by atoms with Gasteiger partial charge in [0.05, 0.1) is 21.6 Å². The van der Waals surface area contributed by atoms with E-state index in [4.69, 9.17) is 11.6 Å². The molecule has 1 aromatic heterocycles. The van der Waals surface area contributed by atoms with Crippen LogP contribution in [0.3, 0.4) is 0 Å². The van der Waals surface area contributed by atoms with E-state index in [1.807, 2.05) is 6.92 Å². The Labute approximate surface area is 122 Å². The molecule has 0 radical (unpaired) electrons. The maximum absolute atomic E-state index is 11.1. The Balaban J connectivity index is 2.01. The van der Waals surface area contributed by atoms with Gasteiger partial charge in [-0.3, -0.25) is 0 Å². The molecule has 0 spiro atoms. The quantitative estimate of drug-likeness (QED) is 0.922. The summed E-state index contributed by atoms with van der Waals surface area (Å²) in [6.45, 7) is 4.77. The molecule has 0 aromatic carbocycles. The lowest BCUT2D eigenvalue weighted by Gasteiger charge is -2.29. The van der Waals surface area contributed by atoms with E-state index < -0.39 is 5.97 Å². The van der Waals surface area contributed by atoms with Crippen LogP contribution in [0.5, 0.6) is 0 Å². The van der Waals surface area contributed by atoms with E-state index in [1.165, 1.54) is 11.3 Å². The van der Waals surface area contributed by atoms with E-state index >= 15 is 0 Å². The molecule has 106 valence electrons. The average molecular weight is 302 g/mol. The number of carbonyl (C=O) groups excluding carboxylic acids is 1. The molecule has 1 saturated heterocycles. The molecule has 0 bridgehead atoms. The zero-order chi connectivity index (χ0) is 14.0. The van der Waals surface area contributed by atoms with E-state index in [0.29, 0.717) is 16.6 Å². The maximum atomic E-state index is 11.1. The first-order chi connectivity index (χ1) is 8.99. The van der Waals surface area contributed by atoms with Gasteiger partial charge >= 0.3 is 0 Å². The lowest BCUT2D eigenvalue weighted by Crippen LogP contribution is -2.33. The minimum absolute atomic E-state index is 0.204. The number of thiophene rings is 1. The number of carboxylic acid groups (broad SMARTS) is 1. The third-order valence-corrected chi connectivity index (χ3v) is 5.27. The lowest BCUT2D eigenvalue weighted by atomic mass is 9.97. The van der Waals surface area contributed by atoms with E-state index in [9.17, 15) is 9.90 Å². The second-order valence-electron chi connectivity index (χ2n) is 5.09. The van der Waals surface area contributed by atoms with Crippen molar-refractivity contribution < 1.29 is 9.90 Å². The maximum Gasteiger partial charge on any atom is 0.0836 e. The van der Waals surface area contributed by atoms with Crippen molar-refractivity contribution in [2.75, 3.05) is 32.0 Å². The summed E-state index contributed by atoms with van der Waals surface area (Å²) in [7, 11) is 2.12. The summed E-state index contributed by atoms with van der Waals surface area (Å²) < 4.78 is 0. The monoisotopic (exact) mass is 301 g/mol. The SMILES string of the molecule is Cc1sc(C(=O)[O-])c(NCC2CCN(C)CC2)c1Cl. The van der Waals surface area contributed by atoms with Gasteiger partial charge in [0.25, 0.3) is 0 Å². The van der Waals surface area contributed by atoms with Gasteiger partial charge in [-0.25, -0.2) is 0 Å². The number of nitrogens with one attached hydrogen (secondary N) is 1. The molecule has 2 rings (SSSR count). The average Bonchev–Trinajstić information content (AvgIpc) is 2.66. The van der Waals surface area contributed by atoms with Crippen molar-refractivity contribution in [2.24, 2.45) is 5.92 Å². The van der Waals surface area contributed by atoms with Crippen molar-refractivity contribution in [2.45, 2.75) is 19.8 Å². The van der Waals surface area contributed by atoms with Gasteiger partial charge in [0.2, 0.25) is 0 Å². The van der Waals surface area contributed by atoms with E-state index in [-0.39, 0.29) is 4.88 Å². The standard InChI is InChI=1S/C13H19ClN2O2S/c1-8-10(14)11(12(19-8)13(17)18)15-7-9-3-5-16(2)6-4-9/h9,15H,3-7H2,1-2H3,(H,17,18)/p-1. The molecule has 0 saturated carbocycles. The summed E-state index contributed by atoms with van der Waals surface area (Å²) in [5.74, 6) is -0.590. The third kappa shape index (κ3) is 3.41. The molecule has 2 heterocycles. The number of aryl methyl sites for hydroxylation is 1. The fourth-order valence-corrected chi connectivity index (χ4v) is 3.53. The van der Waals surface area contributed by atoms with Crippen LogP contribution in [-0.2, 0) is 0 Å². The third-order valence-electron chi connectivity index (χ3n) is 3.60. The highest BCUT2D eigenvalue weighted by molar-refractivity contribution is 7.15. The number of halogens is 1. The molecule has 1 fully saturated rings. The predicted octanol–water partition coefficient (Wildman–Crippen LogP) is 1.83. The number of hydrogen-bond donors (Lipinski definition) is 1. The Morgan fingerprint density at radius 1 is 1.53 bits per heavy atom. The van der Waals surface area contributed by atoms with Gasteiger partial charge < -0.3 is 20.1 Å². The zero-order valence-electron chi connectivity index (χ0n) is 11.2. The number of aromatic carboxylic acids is 1. The van der Waals surface area contributed by atoms with Gasteiger partial charge in [-0.05, 0) is 45.8 Å². The summed E-state index contributed by atoms with van der Waals surface area (Å²) in [5.41, 5.74) is 0.531. The van der Waals surface area contributed by atoms with E-state index in [1.54, 1.807) is 0 Å². The normalized spacial score (nSPS) is 17.6. The van der Waals surface area contributed by atoms with Gasteiger partial charge in [0.15, 0.2) is 0 Å². The smallest absolute Gasteiger partial charge is 0.0836 e. The number of carboxylic acids is 1. The summed E-state index contributed by atoms with van der Waals surface area (Å²) in [6.07, 6.45) is 2.26. The second kappa shape index (κ2) is 6.11. The molecule has 1 aliphatic rings. The Hall–Kier alpha value is -0.780. The first kappa shape index (κ1) is 14.6. The molecule has 0 aliphatic carbocycles. The first-order valence-electron chi connectivity index (χ1n) is 6.41. The van der Waals surface area contributed by atoms with Crippen LogP contribution in [0.15, 0.2) is 0 Å². The number of rotatable bonds is 4. The lowest BCUT2D eigenvalue weighted by molar-refractivity contribution is -0.254. The molecule has 0 amide bonds. The van der Waals surface area contributed by atoms with Crippen LogP contribution in [0.1, 0.15) is 27.4 Å². The van der Waals surface area contributed by atoms with Crippen molar-refractivity contribution in [3.05, 3.63) is 14.8 Å². The second-order valence-corrected chi connectivity index (χ2v) is 6.69. The molecule has 1 aromatic rings. The van der Waals surface area contributed by atoms with Crippen LogP contribution < -0.4 is 10.4 Å². The number of nitrogens with zero attached hydrogens (tertiary/aromatic N) is 1.